The van der Waals surface area contributed by atoms with Gasteiger partial charge < -0.3 is 9.47 Å². The van der Waals surface area contributed by atoms with Crippen LogP contribution in [0.25, 0.3) is 0 Å². The highest BCUT2D eigenvalue weighted by Gasteiger charge is 2.26. The molecule has 0 N–H and O–H groups in total. The van der Waals surface area contributed by atoms with Gasteiger partial charge in [0.2, 0.25) is 0 Å². The minimum Gasteiger partial charge on any atom is -0.446 e. The largest absolute Gasteiger partial charge is 0.446 e. The van der Waals surface area contributed by atoms with Crippen LogP contribution in [-0.2, 0) is 14.3 Å². The van der Waals surface area contributed by atoms with Crippen molar-refractivity contribution in [1.82, 2.24) is 4.90 Å². The first-order chi connectivity index (χ1) is 8.62. The van der Waals surface area contributed by atoms with Gasteiger partial charge in [-0.3, -0.25) is 9.69 Å². The molecule has 1 aliphatic heterocycles. The molecule has 4 heteroatoms. The molecule has 0 saturated carbocycles. The minimum atomic E-state index is -0.613. The second-order valence-electron chi connectivity index (χ2n) is 4.49. The smallest absolute Gasteiger partial charge is 0.304 e. The van der Waals surface area contributed by atoms with Crippen molar-refractivity contribution >= 4 is 5.97 Å². The Morgan fingerprint density at radius 1 is 1.33 bits per heavy atom. The highest BCUT2D eigenvalue weighted by molar-refractivity contribution is 5.67. The van der Waals surface area contributed by atoms with E-state index in [0.29, 0.717) is 6.54 Å². The lowest BCUT2D eigenvalue weighted by Gasteiger charge is -2.26. The lowest BCUT2D eigenvalue weighted by Crippen LogP contribution is -2.37. The fourth-order valence-electron chi connectivity index (χ4n) is 1.94. The van der Waals surface area contributed by atoms with Crippen LogP contribution in [0, 0.1) is 11.8 Å². The van der Waals surface area contributed by atoms with Gasteiger partial charge in [0.15, 0.2) is 5.60 Å². The Morgan fingerprint density at radius 2 is 1.94 bits per heavy atom. The summed E-state index contributed by atoms with van der Waals surface area (Å²) in [6, 6.07) is 0. The zero-order valence-electron chi connectivity index (χ0n) is 11.6. The van der Waals surface area contributed by atoms with Crippen LogP contribution in [0.2, 0.25) is 0 Å². The van der Waals surface area contributed by atoms with Crippen molar-refractivity contribution in [2.75, 3.05) is 32.8 Å². The van der Waals surface area contributed by atoms with E-state index in [1.165, 1.54) is 6.92 Å². The summed E-state index contributed by atoms with van der Waals surface area (Å²) in [7, 11) is 0. The van der Waals surface area contributed by atoms with E-state index in [4.69, 9.17) is 9.47 Å². The molecule has 1 fully saturated rings. The minimum absolute atomic E-state index is 0.264. The maximum atomic E-state index is 11.1. The number of morpholine rings is 1. The van der Waals surface area contributed by atoms with Gasteiger partial charge in [0, 0.05) is 20.0 Å². The van der Waals surface area contributed by atoms with Gasteiger partial charge >= 0.3 is 5.97 Å². The third-order valence-electron chi connectivity index (χ3n) is 3.20. The maximum absolute atomic E-state index is 11.1. The molecule has 1 heterocycles. The first-order valence-electron chi connectivity index (χ1n) is 6.61. The molecule has 0 amide bonds. The van der Waals surface area contributed by atoms with Gasteiger partial charge in [0.1, 0.15) is 0 Å². The summed E-state index contributed by atoms with van der Waals surface area (Å²) in [6.45, 7) is 9.54. The molecule has 0 aromatic heterocycles. The van der Waals surface area contributed by atoms with Crippen molar-refractivity contribution < 1.29 is 14.3 Å². The van der Waals surface area contributed by atoms with Gasteiger partial charge in [-0.25, -0.2) is 0 Å². The Labute approximate surface area is 110 Å². The summed E-state index contributed by atoms with van der Waals surface area (Å²) in [5.74, 6) is 6.02. The van der Waals surface area contributed by atoms with Crippen LogP contribution in [0.4, 0.5) is 0 Å². The highest BCUT2D eigenvalue weighted by Crippen LogP contribution is 2.19. The molecule has 0 radical (unpaired) electrons. The molecule has 1 rings (SSSR count). The summed E-state index contributed by atoms with van der Waals surface area (Å²) >= 11 is 0. The lowest BCUT2D eigenvalue weighted by atomic mass is 9.98. The number of carbonyl (C=O) groups excluding carboxylic acids is 1. The van der Waals surface area contributed by atoms with E-state index < -0.39 is 5.60 Å². The predicted molar refractivity (Wildman–Crippen MR) is 70.1 cm³/mol. The third kappa shape index (κ3) is 4.67. The van der Waals surface area contributed by atoms with Crippen molar-refractivity contribution in [1.29, 1.82) is 0 Å². The normalized spacial score (nSPS) is 16.8. The predicted octanol–water partition coefficient (Wildman–Crippen LogP) is 1.44. The number of hydrogen-bond acceptors (Lipinski definition) is 4. The second-order valence-corrected chi connectivity index (χ2v) is 4.49. The quantitative estimate of drug-likeness (QED) is 0.561. The van der Waals surface area contributed by atoms with Crippen LogP contribution in [0.5, 0.6) is 0 Å². The van der Waals surface area contributed by atoms with Crippen LogP contribution < -0.4 is 0 Å². The van der Waals surface area contributed by atoms with Gasteiger partial charge in [0.05, 0.1) is 19.8 Å². The van der Waals surface area contributed by atoms with Gasteiger partial charge in [-0.1, -0.05) is 25.7 Å². The molecule has 1 aliphatic rings. The SMILES string of the molecule is CCC(C#CCN1CCOCC1)(CC)OC(C)=O. The number of nitrogens with zero attached hydrogens (tertiary/aromatic N) is 1. The summed E-state index contributed by atoms with van der Waals surface area (Å²) in [5, 5.41) is 0. The summed E-state index contributed by atoms with van der Waals surface area (Å²) in [6.07, 6.45) is 1.44. The van der Waals surface area contributed by atoms with E-state index in [9.17, 15) is 4.79 Å². The first-order valence-corrected chi connectivity index (χ1v) is 6.61. The molecule has 4 nitrogen and oxygen atoms in total. The van der Waals surface area contributed by atoms with Crippen LogP contribution in [-0.4, -0.2) is 49.3 Å². The fourth-order valence-corrected chi connectivity index (χ4v) is 1.94. The molecular weight excluding hydrogens is 230 g/mol. The van der Waals surface area contributed by atoms with Gasteiger partial charge in [-0.05, 0) is 12.8 Å². The number of esters is 1. The molecule has 0 aliphatic carbocycles. The Bertz CT molecular complexity index is 320. The summed E-state index contributed by atoms with van der Waals surface area (Å²) in [5.41, 5.74) is -0.613. The molecule has 0 bridgehead atoms. The van der Waals surface area contributed by atoms with E-state index in [1.54, 1.807) is 0 Å². The van der Waals surface area contributed by atoms with E-state index in [0.717, 1.165) is 39.1 Å². The first kappa shape index (κ1) is 15.0. The van der Waals surface area contributed by atoms with E-state index in [-0.39, 0.29) is 5.97 Å². The standard InChI is InChI=1S/C14H23NO3/c1-4-14(5-2,18-13(3)16)7-6-8-15-9-11-17-12-10-15/h4-5,8-12H2,1-3H3. The van der Waals surface area contributed by atoms with E-state index >= 15 is 0 Å². The van der Waals surface area contributed by atoms with Gasteiger partial charge in [-0.15, -0.1) is 0 Å². The van der Waals surface area contributed by atoms with Crippen molar-refractivity contribution in [3.8, 4) is 11.8 Å². The lowest BCUT2D eigenvalue weighted by molar-refractivity contribution is -0.152. The molecule has 0 atom stereocenters. The molecule has 102 valence electrons. The average molecular weight is 253 g/mol. The molecule has 0 spiro atoms. The van der Waals surface area contributed by atoms with Crippen molar-refractivity contribution in [2.45, 2.75) is 39.2 Å². The monoisotopic (exact) mass is 253 g/mol. The van der Waals surface area contributed by atoms with Gasteiger partial charge in [0.25, 0.3) is 0 Å². The van der Waals surface area contributed by atoms with Crippen LogP contribution in [0.1, 0.15) is 33.6 Å². The van der Waals surface area contributed by atoms with Crippen molar-refractivity contribution in [2.24, 2.45) is 0 Å². The number of carbonyl (C=O) groups is 1. The Morgan fingerprint density at radius 3 is 2.44 bits per heavy atom. The van der Waals surface area contributed by atoms with Crippen molar-refractivity contribution in [3.63, 3.8) is 0 Å². The number of hydrogen-bond donors (Lipinski definition) is 0. The van der Waals surface area contributed by atoms with Crippen molar-refractivity contribution in [3.05, 3.63) is 0 Å². The number of ether oxygens (including phenoxy) is 2. The van der Waals surface area contributed by atoms with Gasteiger partial charge in [-0.2, -0.15) is 0 Å². The highest BCUT2D eigenvalue weighted by atomic mass is 16.6. The molecule has 0 aromatic carbocycles. The fraction of sp³-hybridized carbons (Fsp3) is 0.786. The van der Waals surface area contributed by atoms with E-state index in [1.807, 2.05) is 13.8 Å². The molecule has 0 unspecified atom stereocenters. The molecule has 0 aromatic rings. The van der Waals surface area contributed by atoms with Crippen LogP contribution in [0.15, 0.2) is 0 Å². The molecular formula is C14H23NO3. The number of rotatable bonds is 4. The van der Waals surface area contributed by atoms with Crippen LogP contribution >= 0.6 is 0 Å². The molecule has 18 heavy (non-hydrogen) atoms. The topological polar surface area (TPSA) is 38.8 Å². The zero-order chi connectivity index (χ0) is 13.4. The van der Waals surface area contributed by atoms with E-state index in [2.05, 4.69) is 16.7 Å². The van der Waals surface area contributed by atoms with Crippen LogP contribution in [0.3, 0.4) is 0 Å². The summed E-state index contributed by atoms with van der Waals surface area (Å²) in [4.78, 5) is 13.4. The second kappa shape index (κ2) is 7.40. The third-order valence-corrected chi connectivity index (χ3v) is 3.20. The molecule has 1 saturated heterocycles. The average Bonchev–Trinajstić information content (AvgIpc) is 2.38. The Kier molecular flexibility index (Phi) is 6.17. The zero-order valence-corrected chi connectivity index (χ0v) is 11.6. The Balaban J connectivity index is 2.56. The Hall–Kier alpha value is -1.05. The maximum Gasteiger partial charge on any atom is 0.304 e. The summed E-state index contributed by atoms with van der Waals surface area (Å²) < 4.78 is 10.7.